The van der Waals surface area contributed by atoms with Crippen molar-refractivity contribution in [1.29, 1.82) is 0 Å². The first-order valence-electron chi connectivity index (χ1n) is 8.91. The molecule has 2 aromatic rings. The Morgan fingerprint density at radius 2 is 1.89 bits per heavy atom. The number of nitrogens with zero attached hydrogens (tertiary/aromatic N) is 2. The fourth-order valence-electron chi connectivity index (χ4n) is 3.01. The highest BCUT2D eigenvalue weighted by atomic mass is 16.5. The van der Waals surface area contributed by atoms with Gasteiger partial charge in [-0.25, -0.2) is 9.97 Å². The number of ether oxygens (including phenoxy) is 1. The predicted octanol–water partition coefficient (Wildman–Crippen LogP) is 3.65. The Morgan fingerprint density at radius 1 is 1.22 bits per heavy atom. The van der Waals surface area contributed by atoms with Crippen LogP contribution in [0.4, 0.5) is 5.95 Å². The number of hydrogen-bond acceptors (Lipinski definition) is 5. The first kappa shape index (κ1) is 18.6. The maximum absolute atomic E-state index is 11.2. The van der Waals surface area contributed by atoms with Crippen LogP contribution in [-0.2, 0) is 0 Å². The molecule has 1 amide bonds. The first-order chi connectivity index (χ1) is 13.0. The second-order valence-corrected chi connectivity index (χ2v) is 6.86. The Labute approximate surface area is 159 Å². The van der Waals surface area contributed by atoms with Crippen LogP contribution < -0.4 is 15.8 Å². The number of amides is 1. The molecule has 6 heteroatoms. The van der Waals surface area contributed by atoms with E-state index >= 15 is 0 Å². The van der Waals surface area contributed by atoms with Crippen molar-refractivity contribution in [2.45, 2.75) is 26.2 Å². The highest BCUT2D eigenvalue weighted by Gasteiger charge is 2.19. The van der Waals surface area contributed by atoms with Crippen molar-refractivity contribution in [3.05, 3.63) is 71.2 Å². The van der Waals surface area contributed by atoms with Gasteiger partial charge in [0.1, 0.15) is 5.75 Å². The normalized spacial score (nSPS) is 16.5. The van der Waals surface area contributed by atoms with Crippen LogP contribution in [0.15, 0.2) is 60.1 Å². The molecule has 3 N–H and O–H groups in total. The van der Waals surface area contributed by atoms with Gasteiger partial charge < -0.3 is 15.8 Å². The predicted molar refractivity (Wildman–Crippen MR) is 106 cm³/mol. The molecule has 1 aliphatic carbocycles. The molecule has 1 aromatic carbocycles. The summed E-state index contributed by atoms with van der Waals surface area (Å²) in [5, 5.41) is 3.28. The third-order valence-corrected chi connectivity index (χ3v) is 4.59. The van der Waals surface area contributed by atoms with Crippen molar-refractivity contribution >= 4 is 11.9 Å². The lowest BCUT2D eigenvalue weighted by Crippen LogP contribution is -2.15. The zero-order chi connectivity index (χ0) is 19.4. The Morgan fingerprint density at radius 3 is 2.44 bits per heavy atom. The molecule has 140 valence electrons. The molecular formula is C21H24N4O2. The fraction of sp³-hybridized carbons (Fsp3) is 0.286. The largest absolute Gasteiger partial charge is 0.497 e. The van der Waals surface area contributed by atoms with Gasteiger partial charge in [-0.05, 0) is 41.7 Å². The number of hydrogen-bond donors (Lipinski definition) is 2. The second kappa shape index (κ2) is 8.03. The Hall–Kier alpha value is -3.15. The highest BCUT2D eigenvalue weighted by molar-refractivity contribution is 5.92. The van der Waals surface area contributed by atoms with Gasteiger partial charge in [-0.1, -0.05) is 32.1 Å². The zero-order valence-electron chi connectivity index (χ0n) is 15.8. The number of carbonyl (C=O) groups is 1. The van der Waals surface area contributed by atoms with Crippen LogP contribution >= 0.6 is 0 Å². The molecule has 1 aliphatic rings. The van der Waals surface area contributed by atoms with E-state index < -0.39 is 5.91 Å². The third-order valence-electron chi connectivity index (χ3n) is 4.59. The summed E-state index contributed by atoms with van der Waals surface area (Å²) in [6.45, 7) is 4.35. The Kier molecular flexibility index (Phi) is 5.54. The van der Waals surface area contributed by atoms with Gasteiger partial charge in [0.05, 0.1) is 12.7 Å². The van der Waals surface area contributed by atoms with Crippen molar-refractivity contribution < 1.29 is 9.53 Å². The van der Waals surface area contributed by atoms with E-state index in [-0.39, 0.29) is 11.5 Å². The quantitative estimate of drug-likeness (QED) is 0.816. The Bertz CT molecular complexity index is 868. The van der Waals surface area contributed by atoms with Gasteiger partial charge in [0, 0.05) is 24.0 Å². The number of carbonyl (C=O) groups excluding carboxylic acids is 1. The molecule has 1 unspecified atom stereocenters. The summed E-state index contributed by atoms with van der Waals surface area (Å²) in [5.41, 5.74) is 9.05. The number of nitrogens with two attached hydrogens (primary N) is 1. The minimum Gasteiger partial charge on any atom is -0.497 e. The maximum Gasteiger partial charge on any atom is 0.251 e. The molecule has 0 aliphatic heterocycles. The molecule has 1 heterocycles. The SMILES string of the molecule is COc1ccc(C2C=C(C(C)C)C=C(Nc3ncc(C(N)=O)cn3)C2)cc1. The molecule has 0 bridgehead atoms. The van der Waals surface area contributed by atoms with E-state index in [1.54, 1.807) is 7.11 Å². The molecule has 3 rings (SSSR count). The van der Waals surface area contributed by atoms with Gasteiger partial charge in [-0.2, -0.15) is 0 Å². The van der Waals surface area contributed by atoms with Crippen molar-refractivity contribution in [3.8, 4) is 5.75 Å². The maximum atomic E-state index is 11.2. The smallest absolute Gasteiger partial charge is 0.251 e. The van der Waals surface area contributed by atoms with E-state index in [9.17, 15) is 4.79 Å². The van der Waals surface area contributed by atoms with Crippen LogP contribution in [0.2, 0.25) is 0 Å². The summed E-state index contributed by atoms with van der Waals surface area (Å²) < 4.78 is 5.25. The number of primary amides is 1. The lowest BCUT2D eigenvalue weighted by molar-refractivity contribution is 0.0999. The zero-order valence-corrected chi connectivity index (χ0v) is 15.8. The standard InChI is InChI=1S/C21H24N4O2/c1-13(2)15-8-16(14-4-6-19(27-3)7-5-14)10-18(9-15)25-21-23-11-17(12-24-21)20(22)26/h4-9,11-13,16H,10H2,1-3H3,(H2,22,26)(H,23,24,25). The highest BCUT2D eigenvalue weighted by Crippen LogP contribution is 2.34. The number of aromatic nitrogens is 2. The van der Waals surface area contributed by atoms with E-state index in [4.69, 9.17) is 10.5 Å². The molecule has 6 nitrogen and oxygen atoms in total. The van der Waals surface area contributed by atoms with Crippen molar-refractivity contribution in [3.63, 3.8) is 0 Å². The monoisotopic (exact) mass is 364 g/mol. The van der Waals surface area contributed by atoms with Crippen molar-refractivity contribution in [2.75, 3.05) is 12.4 Å². The summed E-state index contributed by atoms with van der Waals surface area (Å²) in [6.07, 6.45) is 8.14. The van der Waals surface area contributed by atoms with Crippen LogP contribution in [-0.4, -0.2) is 23.0 Å². The molecule has 0 fully saturated rings. The van der Waals surface area contributed by atoms with Crippen LogP contribution in [0.5, 0.6) is 5.75 Å². The summed E-state index contributed by atoms with van der Waals surface area (Å²) in [6, 6.07) is 8.16. The molecule has 0 saturated carbocycles. The summed E-state index contributed by atoms with van der Waals surface area (Å²) in [7, 11) is 1.67. The number of nitrogens with one attached hydrogen (secondary N) is 1. The minimum absolute atomic E-state index is 0.255. The molecule has 0 spiro atoms. The van der Waals surface area contributed by atoms with E-state index in [0.717, 1.165) is 17.9 Å². The van der Waals surface area contributed by atoms with E-state index in [1.165, 1.54) is 23.5 Å². The summed E-state index contributed by atoms with van der Waals surface area (Å²) in [4.78, 5) is 19.5. The average molecular weight is 364 g/mol. The van der Waals surface area contributed by atoms with Gasteiger partial charge in [0.15, 0.2) is 0 Å². The van der Waals surface area contributed by atoms with E-state index in [2.05, 4.69) is 53.4 Å². The average Bonchev–Trinajstić information content (AvgIpc) is 2.68. The fourth-order valence-corrected chi connectivity index (χ4v) is 3.01. The molecule has 1 atom stereocenters. The molecule has 1 aromatic heterocycles. The van der Waals surface area contributed by atoms with Gasteiger partial charge >= 0.3 is 0 Å². The molecule has 0 radical (unpaired) electrons. The number of methoxy groups -OCH3 is 1. The number of rotatable bonds is 6. The van der Waals surface area contributed by atoms with Crippen LogP contribution in [0, 0.1) is 5.92 Å². The summed E-state index contributed by atoms with van der Waals surface area (Å²) >= 11 is 0. The lowest BCUT2D eigenvalue weighted by atomic mass is 9.84. The van der Waals surface area contributed by atoms with Crippen LogP contribution in [0.1, 0.15) is 42.1 Å². The van der Waals surface area contributed by atoms with Crippen molar-refractivity contribution in [1.82, 2.24) is 9.97 Å². The van der Waals surface area contributed by atoms with Crippen LogP contribution in [0.3, 0.4) is 0 Å². The topological polar surface area (TPSA) is 90.1 Å². The van der Waals surface area contributed by atoms with E-state index in [0.29, 0.717) is 11.9 Å². The first-order valence-corrected chi connectivity index (χ1v) is 8.91. The van der Waals surface area contributed by atoms with E-state index in [1.807, 2.05) is 12.1 Å². The number of benzene rings is 1. The second-order valence-electron chi connectivity index (χ2n) is 6.86. The lowest BCUT2D eigenvalue weighted by Gasteiger charge is -2.24. The van der Waals surface area contributed by atoms with Gasteiger partial charge in [-0.3, -0.25) is 4.79 Å². The molecular weight excluding hydrogens is 340 g/mol. The summed E-state index contributed by atoms with van der Waals surface area (Å²) in [5.74, 6) is 1.42. The minimum atomic E-state index is -0.539. The number of allylic oxidation sites excluding steroid dienone is 4. The van der Waals surface area contributed by atoms with Gasteiger partial charge in [0.25, 0.3) is 5.91 Å². The molecule has 0 saturated heterocycles. The third kappa shape index (κ3) is 4.53. The Balaban J connectivity index is 1.82. The van der Waals surface area contributed by atoms with Crippen molar-refractivity contribution in [2.24, 2.45) is 11.7 Å². The van der Waals surface area contributed by atoms with Crippen LogP contribution in [0.25, 0.3) is 0 Å². The molecule has 27 heavy (non-hydrogen) atoms. The van der Waals surface area contributed by atoms with Gasteiger partial charge in [0.2, 0.25) is 5.95 Å². The van der Waals surface area contributed by atoms with Gasteiger partial charge in [-0.15, -0.1) is 0 Å². The number of anilines is 1.